The number of hydrogen-bond acceptors (Lipinski definition) is 3. The number of carbonyl (C=O) groups excluding carboxylic acids is 2. The number of benzene rings is 1. The van der Waals surface area contributed by atoms with Gasteiger partial charge in [-0.1, -0.05) is 19.1 Å². The zero-order valence-electron chi connectivity index (χ0n) is 12.1. The zero-order valence-corrected chi connectivity index (χ0v) is 12.1. The molecular formula is C15H21N3O2. The second-order valence-corrected chi connectivity index (χ2v) is 5.29. The summed E-state index contributed by atoms with van der Waals surface area (Å²) in [6, 6.07) is 7.34. The molecule has 1 aliphatic heterocycles. The fourth-order valence-corrected chi connectivity index (χ4v) is 2.17. The highest BCUT2D eigenvalue weighted by Gasteiger charge is 2.29. The third kappa shape index (κ3) is 2.99. The number of para-hydroxylation sites is 2. The van der Waals surface area contributed by atoms with E-state index in [0.29, 0.717) is 17.3 Å². The highest BCUT2D eigenvalue weighted by molar-refractivity contribution is 6.00. The molecule has 1 aromatic rings. The summed E-state index contributed by atoms with van der Waals surface area (Å²) in [7, 11) is 1.70. The summed E-state index contributed by atoms with van der Waals surface area (Å²) in [5, 5.41) is 6.11. The van der Waals surface area contributed by atoms with Crippen molar-refractivity contribution < 1.29 is 9.59 Å². The van der Waals surface area contributed by atoms with Crippen LogP contribution in [-0.4, -0.2) is 32.0 Å². The van der Waals surface area contributed by atoms with Gasteiger partial charge in [0.25, 0.3) is 0 Å². The zero-order chi connectivity index (χ0) is 14.7. The lowest BCUT2D eigenvalue weighted by Crippen LogP contribution is -2.48. The van der Waals surface area contributed by atoms with E-state index < -0.39 is 0 Å². The summed E-state index contributed by atoms with van der Waals surface area (Å²) in [5.41, 5.74) is 1.39. The third-order valence-corrected chi connectivity index (χ3v) is 3.93. The van der Waals surface area contributed by atoms with E-state index in [1.165, 1.54) is 11.8 Å². The Labute approximate surface area is 119 Å². The normalized spacial score (nSPS) is 16.1. The fourth-order valence-electron chi connectivity index (χ4n) is 2.17. The molecule has 2 amide bonds. The van der Waals surface area contributed by atoms with Crippen molar-refractivity contribution in [1.29, 1.82) is 0 Å². The van der Waals surface area contributed by atoms with E-state index in [4.69, 9.17) is 0 Å². The smallest absolute Gasteiger partial charge is 0.227 e. The van der Waals surface area contributed by atoms with E-state index in [9.17, 15) is 9.59 Å². The topological polar surface area (TPSA) is 61.4 Å². The summed E-state index contributed by atoms with van der Waals surface area (Å²) < 4.78 is 0. The average Bonchev–Trinajstić information content (AvgIpc) is 2.36. The molecule has 2 rings (SSSR count). The Bertz CT molecular complexity index is 512. The van der Waals surface area contributed by atoms with E-state index in [2.05, 4.69) is 10.6 Å². The number of carbonyl (C=O) groups is 2. The predicted octanol–water partition coefficient (Wildman–Crippen LogP) is 1.46. The molecule has 0 aromatic heterocycles. The van der Waals surface area contributed by atoms with Gasteiger partial charge in [0.1, 0.15) is 0 Å². The van der Waals surface area contributed by atoms with Crippen LogP contribution < -0.4 is 15.5 Å². The van der Waals surface area contributed by atoms with Crippen LogP contribution in [0.2, 0.25) is 0 Å². The van der Waals surface area contributed by atoms with Crippen molar-refractivity contribution in [2.45, 2.75) is 13.8 Å². The average molecular weight is 275 g/mol. The minimum absolute atomic E-state index is 0.000835. The van der Waals surface area contributed by atoms with Crippen molar-refractivity contribution in [2.75, 3.05) is 30.4 Å². The largest absolute Gasteiger partial charge is 0.324 e. The molecule has 0 saturated carbocycles. The minimum atomic E-state index is -0.0667. The van der Waals surface area contributed by atoms with Gasteiger partial charge >= 0.3 is 0 Å². The molecule has 1 heterocycles. The van der Waals surface area contributed by atoms with Gasteiger partial charge in [0, 0.05) is 19.9 Å². The Morgan fingerprint density at radius 2 is 2.00 bits per heavy atom. The maximum atomic E-state index is 12.2. The summed E-state index contributed by atoms with van der Waals surface area (Å²) in [6.07, 6.45) is 0. The number of nitrogens with zero attached hydrogens (tertiary/aromatic N) is 1. The van der Waals surface area contributed by atoms with Crippen LogP contribution in [0.5, 0.6) is 0 Å². The second kappa shape index (κ2) is 6.05. The molecule has 0 bridgehead atoms. The monoisotopic (exact) mass is 275 g/mol. The Balaban J connectivity index is 2.12. The van der Waals surface area contributed by atoms with E-state index in [1.54, 1.807) is 7.05 Å². The lowest BCUT2D eigenvalue weighted by atomic mass is 9.88. The van der Waals surface area contributed by atoms with Gasteiger partial charge in [0.15, 0.2) is 0 Å². The standard InChI is InChI=1S/C15H21N3O2/c1-10(12-8-16-9-12)15(20)17-13-6-4-5-7-14(13)18(3)11(2)19/h4-7,10,12,16H,8-9H2,1-3H3,(H,17,20). The van der Waals surface area contributed by atoms with Gasteiger partial charge in [0.2, 0.25) is 11.8 Å². The van der Waals surface area contributed by atoms with E-state index in [0.717, 1.165) is 13.1 Å². The van der Waals surface area contributed by atoms with Crippen LogP contribution in [0, 0.1) is 11.8 Å². The molecule has 0 radical (unpaired) electrons. The lowest BCUT2D eigenvalue weighted by Gasteiger charge is -2.32. The summed E-state index contributed by atoms with van der Waals surface area (Å²) in [5.74, 6) is 0.295. The number of amides is 2. The molecule has 1 aromatic carbocycles. The first-order chi connectivity index (χ1) is 9.50. The highest BCUT2D eigenvalue weighted by Crippen LogP contribution is 2.26. The van der Waals surface area contributed by atoms with Crippen LogP contribution in [0.25, 0.3) is 0 Å². The molecule has 1 atom stereocenters. The maximum absolute atomic E-state index is 12.2. The molecule has 5 heteroatoms. The molecule has 108 valence electrons. The fraction of sp³-hybridized carbons (Fsp3) is 0.467. The summed E-state index contributed by atoms with van der Waals surface area (Å²) >= 11 is 0. The predicted molar refractivity (Wildman–Crippen MR) is 79.7 cm³/mol. The van der Waals surface area contributed by atoms with Crippen LogP contribution in [0.3, 0.4) is 0 Å². The Kier molecular flexibility index (Phi) is 4.39. The Morgan fingerprint density at radius 3 is 2.55 bits per heavy atom. The molecule has 1 aliphatic rings. The molecule has 0 aliphatic carbocycles. The van der Waals surface area contributed by atoms with Gasteiger partial charge in [-0.05, 0) is 31.1 Å². The highest BCUT2D eigenvalue weighted by atomic mass is 16.2. The van der Waals surface area contributed by atoms with Crippen molar-refractivity contribution in [3.8, 4) is 0 Å². The van der Waals surface area contributed by atoms with Crippen LogP contribution in [-0.2, 0) is 9.59 Å². The number of anilines is 2. The van der Waals surface area contributed by atoms with E-state index >= 15 is 0 Å². The molecule has 5 nitrogen and oxygen atoms in total. The molecule has 2 N–H and O–H groups in total. The van der Waals surface area contributed by atoms with Crippen LogP contribution in [0.15, 0.2) is 24.3 Å². The molecule has 1 unspecified atom stereocenters. The van der Waals surface area contributed by atoms with E-state index in [-0.39, 0.29) is 17.7 Å². The van der Waals surface area contributed by atoms with Gasteiger partial charge in [-0.25, -0.2) is 0 Å². The molecule has 0 spiro atoms. The third-order valence-electron chi connectivity index (χ3n) is 3.93. The molecule has 1 fully saturated rings. The summed E-state index contributed by atoms with van der Waals surface area (Å²) in [6.45, 7) is 5.23. The SMILES string of the molecule is CC(=O)N(C)c1ccccc1NC(=O)C(C)C1CNC1. The number of nitrogens with one attached hydrogen (secondary N) is 2. The van der Waals surface area contributed by atoms with Crippen LogP contribution >= 0.6 is 0 Å². The van der Waals surface area contributed by atoms with Gasteiger partial charge in [-0.2, -0.15) is 0 Å². The summed E-state index contributed by atoms with van der Waals surface area (Å²) in [4.78, 5) is 25.3. The molecule has 1 saturated heterocycles. The first-order valence-corrected chi connectivity index (χ1v) is 6.85. The van der Waals surface area contributed by atoms with Gasteiger partial charge in [-0.15, -0.1) is 0 Å². The first-order valence-electron chi connectivity index (χ1n) is 6.85. The molecular weight excluding hydrogens is 254 g/mol. The van der Waals surface area contributed by atoms with Crippen molar-refractivity contribution in [3.63, 3.8) is 0 Å². The van der Waals surface area contributed by atoms with Gasteiger partial charge < -0.3 is 15.5 Å². The van der Waals surface area contributed by atoms with Crippen molar-refractivity contribution in [2.24, 2.45) is 11.8 Å². The Morgan fingerprint density at radius 1 is 1.35 bits per heavy atom. The number of hydrogen-bond donors (Lipinski definition) is 2. The van der Waals surface area contributed by atoms with Gasteiger partial charge in [0.05, 0.1) is 11.4 Å². The van der Waals surface area contributed by atoms with Gasteiger partial charge in [-0.3, -0.25) is 9.59 Å². The van der Waals surface area contributed by atoms with Crippen LogP contribution in [0.4, 0.5) is 11.4 Å². The second-order valence-electron chi connectivity index (χ2n) is 5.29. The molecule has 20 heavy (non-hydrogen) atoms. The van der Waals surface area contributed by atoms with E-state index in [1.807, 2.05) is 31.2 Å². The van der Waals surface area contributed by atoms with Crippen molar-refractivity contribution in [3.05, 3.63) is 24.3 Å². The first kappa shape index (κ1) is 14.5. The Hall–Kier alpha value is -1.88. The lowest BCUT2D eigenvalue weighted by molar-refractivity contribution is -0.121. The maximum Gasteiger partial charge on any atom is 0.227 e. The van der Waals surface area contributed by atoms with Crippen molar-refractivity contribution in [1.82, 2.24) is 5.32 Å². The van der Waals surface area contributed by atoms with Crippen LogP contribution in [0.1, 0.15) is 13.8 Å². The van der Waals surface area contributed by atoms with Crippen molar-refractivity contribution >= 4 is 23.2 Å². The number of rotatable bonds is 4. The minimum Gasteiger partial charge on any atom is -0.324 e. The quantitative estimate of drug-likeness (QED) is 0.874.